The van der Waals surface area contributed by atoms with Crippen molar-refractivity contribution in [3.63, 3.8) is 0 Å². The second-order valence-corrected chi connectivity index (χ2v) is 6.87. The molecule has 0 unspecified atom stereocenters. The quantitative estimate of drug-likeness (QED) is 0.857. The van der Waals surface area contributed by atoms with Gasteiger partial charge in [0.15, 0.2) is 5.69 Å². The van der Waals surface area contributed by atoms with Gasteiger partial charge in [-0.3, -0.25) is 4.79 Å². The fourth-order valence-corrected chi connectivity index (χ4v) is 3.17. The van der Waals surface area contributed by atoms with E-state index >= 15 is 0 Å². The molecule has 8 heteroatoms. The number of anilines is 1. The zero-order valence-corrected chi connectivity index (χ0v) is 14.5. The Bertz CT molecular complexity index is 655. The maximum atomic E-state index is 12.3. The SMILES string of the molecule is CCSCc1cc(C(=O)NC2CCN(c3ncccn3)CC2)no1. The van der Waals surface area contributed by atoms with Crippen LogP contribution in [0.5, 0.6) is 0 Å². The Kier molecular flexibility index (Phi) is 5.68. The Hall–Kier alpha value is -2.09. The zero-order valence-electron chi connectivity index (χ0n) is 13.6. The van der Waals surface area contributed by atoms with Crippen LogP contribution in [0.15, 0.2) is 29.0 Å². The molecule has 0 atom stereocenters. The van der Waals surface area contributed by atoms with Crippen LogP contribution in [-0.4, -0.2) is 45.9 Å². The molecule has 128 valence electrons. The van der Waals surface area contributed by atoms with E-state index in [-0.39, 0.29) is 11.9 Å². The molecule has 0 spiro atoms. The number of hydrogen-bond donors (Lipinski definition) is 1. The van der Waals surface area contributed by atoms with Gasteiger partial charge in [0.25, 0.3) is 5.91 Å². The van der Waals surface area contributed by atoms with Gasteiger partial charge >= 0.3 is 0 Å². The Morgan fingerprint density at radius 1 is 1.38 bits per heavy atom. The van der Waals surface area contributed by atoms with Crippen LogP contribution < -0.4 is 10.2 Å². The highest BCUT2D eigenvalue weighted by atomic mass is 32.2. The van der Waals surface area contributed by atoms with Gasteiger partial charge < -0.3 is 14.7 Å². The van der Waals surface area contributed by atoms with Crippen LogP contribution in [0.4, 0.5) is 5.95 Å². The predicted octanol–water partition coefficient (Wildman–Crippen LogP) is 2.12. The zero-order chi connectivity index (χ0) is 16.8. The number of thioether (sulfide) groups is 1. The van der Waals surface area contributed by atoms with Gasteiger partial charge in [-0.2, -0.15) is 11.8 Å². The van der Waals surface area contributed by atoms with Crippen LogP contribution in [0, 0.1) is 0 Å². The lowest BCUT2D eigenvalue weighted by atomic mass is 10.1. The summed E-state index contributed by atoms with van der Waals surface area (Å²) in [5, 5.41) is 6.91. The molecule has 1 aliphatic heterocycles. The van der Waals surface area contributed by atoms with E-state index in [0.29, 0.717) is 5.69 Å². The standard InChI is InChI=1S/C16H21N5O2S/c1-2-24-11-13-10-14(20-23-13)15(22)19-12-4-8-21(9-5-12)16-17-6-3-7-18-16/h3,6-7,10,12H,2,4-5,8-9,11H2,1H3,(H,19,22). The fourth-order valence-electron chi connectivity index (χ4n) is 2.63. The van der Waals surface area contributed by atoms with E-state index in [1.54, 1.807) is 30.2 Å². The normalized spacial score (nSPS) is 15.5. The van der Waals surface area contributed by atoms with Gasteiger partial charge in [0.05, 0.1) is 5.75 Å². The average Bonchev–Trinajstić information content (AvgIpc) is 3.10. The van der Waals surface area contributed by atoms with Gasteiger partial charge in [0.2, 0.25) is 5.95 Å². The number of piperidine rings is 1. The molecule has 1 amide bonds. The molecule has 3 rings (SSSR count). The summed E-state index contributed by atoms with van der Waals surface area (Å²) in [6.07, 6.45) is 5.21. The molecule has 1 aliphatic rings. The van der Waals surface area contributed by atoms with Gasteiger partial charge in [-0.05, 0) is 24.7 Å². The number of nitrogens with one attached hydrogen (secondary N) is 1. The summed E-state index contributed by atoms with van der Waals surface area (Å²) < 4.78 is 5.20. The van der Waals surface area contributed by atoms with E-state index in [4.69, 9.17) is 4.52 Å². The first-order valence-corrected chi connectivity index (χ1v) is 9.28. The van der Waals surface area contributed by atoms with Crippen LogP contribution in [-0.2, 0) is 5.75 Å². The van der Waals surface area contributed by atoms with E-state index in [0.717, 1.165) is 49.1 Å². The minimum atomic E-state index is -0.166. The van der Waals surface area contributed by atoms with Gasteiger partial charge in [-0.15, -0.1) is 0 Å². The molecule has 2 aromatic rings. The highest BCUT2D eigenvalue weighted by molar-refractivity contribution is 7.98. The Morgan fingerprint density at radius 2 is 2.12 bits per heavy atom. The van der Waals surface area contributed by atoms with Gasteiger partial charge in [0, 0.05) is 37.6 Å². The summed E-state index contributed by atoms with van der Waals surface area (Å²) in [5.41, 5.74) is 0.357. The molecule has 1 fully saturated rings. The second kappa shape index (κ2) is 8.14. The molecule has 0 bridgehead atoms. The van der Waals surface area contributed by atoms with Gasteiger partial charge in [0.1, 0.15) is 5.76 Å². The first-order chi connectivity index (χ1) is 11.8. The number of nitrogens with zero attached hydrogens (tertiary/aromatic N) is 4. The van der Waals surface area contributed by atoms with E-state index in [1.165, 1.54) is 0 Å². The average molecular weight is 347 g/mol. The Balaban J connectivity index is 1.49. The van der Waals surface area contributed by atoms with Crippen LogP contribution in [0.1, 0.15) is 36.0 Å². The first-order valence-electron chi connectivity index (χ1n) is 8.12. The summed E-state index contributed by atoms with van der Waals surface area (Å²) in [5.74, 6) is 3.07. The predicted molar refractivity (Wildman–Crippen MR) is 93.1 cm³/mol. The third-order valence-electron chi connectivity index (χ3n) is 3.91. The molecule has 0 aliphatic carbocycles. The molecular weight excluding hydrogens is 326 g/mol. The third kappa shape index (κ3) is 4.25. The summed E-state index contributed by atoms with van der Waals surface area (Å²) in [4.78, 5) is 22.9. The number of aromatic nitrogens is 3. The fraction of sp³-hybridized carbons (Fsp3) is 0.500. The van der Waals surface area contributed by atoms with E-state index in [9.17, 15) is 4.79 Å². The molecule has 0 aromatic carbocycles. The molecule has 3 heterocycles. The molecule has 1 N–H and O–H groups in total. The van der Waals surface area contributed by atoms with E-state index in [1.807, 2.05) is 6.07 Å². The lowest BCUT2D eigenvalue weighted by Gasteiger charge is -2.32. The maximum absolute atomic E-state index is 12.3. The molecule has 0 saturated carbocycles. The number of amides is 1. The van der Waals surface area contributed by atoms with Crippen LogP contribution in [0.3, 0.4) is 0 Å². The van der Waals surface area contributed by atoms with Crippen molar-refractivity contribution < 1.29 is 9.32 Å². The molecule has 24 heavy (non-hydrogen) atoms. The van der Waals surface area contributed by atoms with Crippen molar-refractivity contribution in [2.75, 3.05) is 23.7 Å². The topological polar surface area (TPSA) is 84.2 Å². The maximum Gasteiger partial charge on any atom is 0.273 e. The summed E-state index contributed by atoms with van der Waals surface area (Å²) in [6.45, 7) is 3.74. The molecule has 1 saturated heterocycles. The molecule has 7 nitrogen and oxygen atoms in total. The monoisotopic (exact) mass is 347 g/mol. The van der Waals surface area contributed by atoms with E-state index in [2.05, 4.69) is 32.3 Å². The van der Waals surface area contributed by atoms with Crippen LogP contribution >= 0.6 is 11.8 Å². The lowest BCUT2D eigenvalue weighted by Crippen LogP contribution is -2.45. The van der Waals surface area contributed by atoms with Crippen molar-refractivity contribution in [3.05, 3.63) is 36.0 Å². The highest BCUT2D eigenvalue weighted by Gasteiger charge is 2.23. The number of hydrogen-bond acceptors (Lipinski definition) is 7. The van der Waals surface area contributed by atoms with Crippen molar-refractivity contribution in [1.29, 1.82) is 0 Å². The lowest BCUT2D eigenvalue weighted by molar-refractivity contribution is 0.0922. The third-order valence-corrected chi connectivity index (χ3v) is 4.80. The van der Waals surface area contributed by atoms with Crippen LogP contribution in [0.25, 0.3) is 0 Å². The molecule has 0 radical (unpaired) electrons. The van der Waals surface area contributed by atoms with Crippen molar-refractivity contribution in [1.82, 2.24) is 20.4 Å². The highest BCUT2D eigenvalue weighted by Crippen LogP contribution is 2.16. The minimum Gasteiger partial charge on any atom is -0.360 e. The molecular formula is C16H21N5O2S. The second-order valence-electron chi connectivity index (χ2n) is 5.60. The van der Waals surface area contributed by atoms with E-state index < -0.39 is 0 Å². The van der Waals surface area contributed by atoms with Crippen molar-refractivity contribution >= 4 is 23.6 Å². The first kappa shape index (κ1) is 16.8. The van der Waals surface area contributed by atoms with Crippen molar-refractivity contribution in [3.8, 4) is 0 Å². The Labute approximate surface area is 145 Å². The van der Waals surface area contributed by atoms with Gasteiger partial charge in [-0.1, -0.05) is 12.1 Å². The number of carbonyl (C=O) groups excluding carboxylic acids is 1. The summed E-state index contributed by atoms with van der Waals surface area (Å²) in [7, 11) is 0. The molecule has 2 aromatic heterocycles. The largest absolute Gasteiger partial charge is 0.360 e. The number of carbonyl (C=O) groups is 1. The minimum absolute atomic E-state index is 0.141. The smallest absolute Gasteiger partial charge is 0.273 e. The van der Waals surface area contributed by atoms with Gasteiger partial charge in [-0.25, -0.2) is 9.97 Å². The van der Waals surface area contributed by atoms with Crippen molar-refractivity contribution in [2.45, 2.75) is 31.6 Å². The van der Waals surface area contributed by atoms with Crippen LogP contribution in [0.2, 0.25) is 0 Å². The Morgan fingerprint density at radius 3 is 2.83 bits per heavy atom. The summed E-state index contributed by atoms with van der Waals surface area (Å²) >= 11 is 1.74. The number of rotatable bonds is 6. The van der Waals surface area contributed by atoms with Crippen molar-refractivity contribution in [2.24, 2.45) is 0 Å². The summed E-state index contributed by atoms with van der Waals surface area (Å²) in [6, 6.07) is 3.68.